The molecule has 0 spiro atoms. The van der Waals surface area contributed by atoms with Gasteiger partial charge in [0.1, 0.15) is 0 Å². The van der Waals surface area contributed by atoms with E-state index in [4.69, 9.17) is 5.26 Å². The van der Waals surface area contributed by atoms with Crippen LogP contribution in [0.1, 0.15) is 36.5 Å². The summed E-state index contributed by atoms with van der Waals surface area (Å²) in [7, 11) is 0. The first-order valence-corrected chi connectivity index (χ1v) is 4.76. The maximum atomic E-state index is 8.79. The molecule has 1 aromatic rings. The molecule has 0 atom stereocenters. The number of rotatable bonds is 2. The van der Waals surface area contributed by atoms with Gasteiger partial charge in [-0.25, -0.2) is 0 Å². The first kappa shape index (κ1) is 10.5. The van der Waals surface area contributed by atoms with Gasteiger partial charge in [0, 0.05) is 0 Å². The summed E-state index contributed by atoms with van der Waals surface area (Å²) in [4.78, 5) is 0. The Hall–Kier alpha value is -1.55. The van der Waals surface area contributed by atoms with Crippen LogP contribution in [0.15, 0.2) is 24.8 Å². The summed E-state index contributed by atoms with van der Waals surface area (Å²) in [6.45, 7) is 10.0. The molecule has 0 aliphatic carbocycles. The number of benzene rings is 1. The molecule has 0 fully saturated rings. The molecule has 0 N–H and O–H groups in total. The summed E-state index contributed by atoms with van der Waals surface area (Å²) in [5, 5.41) is 8.79. The molecule has 0 bridgehead atoms. The molecule has 1 nitrogen and oxygen atoms in total. The minimum atomic E-state index is 0.487. The van der Waals surface area contributed by atoms with Crippen molar-refractivity contribution in [2.45, 2.75) is 26.7 Å². The van der Waals surface area contributed by atoms with Gasteiger partial charge in [0.05, 0.1) is 11.6 Å². The van der Waals surface area contributed by atoms with Gasteiger partial charge in [-0.05, 0) is 35.6 Å². The number of nitriles is 1. The lowest BCUT2D eigenvalue weighted by atomic mass is 9.95. The maximum absolute atomic E-state index is 8.79. The van der Waals surface area contributed by atoms with E-state index in [1.807, 2.05) is 13.0 Å². The molecule has 1 aromatic carbocycles. The van der Waals surface area contributed by atoms with Crippen LogP contribution in [-0.4, -0.2) is 0 Å². The first-order chi connectivity index (χ1) is 6.56. The summed E-state index contributed by atoms with van der Waals surface area (Å²) in [6.07, 6.45) is 0. The van der Waals surface area contributed by atoms with Gasteiger partial charge in [-0.15, -0.1) is 0 Å². The Morgan fingerprint density at radius 2 is 2.07 bits per heavy atom. The van der Waals surface area contributed by atoms with Gasteiger partial charge in [-0.3, -0.25) is 0 Å². The fourth-order valence-electron chi connectivity index (χ4n) is 1.38. The van der Waals surface area contributed by atoms with Crippen LogP contribution in [0.3, 0.4) is 0 Å². The molecule has 0 saturated heterocycles. The standard InChI is InChI=1S/C13H15N/c1-9(2)12-6-5-10(3)13(7-12)11(4)8-14/h5-7,9H,4H2,1-3H3. The maximum Gasteiger partial charge on any atom is 0.0991 e. The van der Waals surface area contributed by atoms with E-state index < -0.39 is 0 Å². The van der Waals surface area contributed by atoms with Crippen molar-refractivity contribution in [3.8, 4) is 6.07 Å². The van der Waals surface area contributed by atoms with Crippen molar-refractivity contribution in [1.29, 1.82) is 5.26 Å². The van der Waals surface area contributed by atoms with Gasteiger partial charge in [0.2, 0.25) is 0 Å². The number of nitrogens with zero attached hydrogens (tertiary/aromatic N) is 1. The topological polar surface area (TPSA) is 23.8 Å². The minimum absolute atomic E-state index is 0.487. The van der Waals surface area contributed by atoms with Crippen LogP contribution in [0.5, 0.6) is 0 Å². The Labute approximate surface area is 85.7 Å². The van der Waals surface area contributed by atoms with Gasteiger partial charge in [-0.1, -0.05) is 32.6 Å². The number of allylic oxidation sites excluding steroid dienone is 1. The molecule has 1 rings (SSSR count). The molecule has 0 aliphatic heterocycles. The third-order valence-corrected chi connectivity index (χ3v) is 2.39. The van der Waals surface area contributed by atoms with E-state index in [9.17, 15) is 0 Å². The third-order valence-electron chi connectivity index (χ3n) is 2.39. The molecular weight excluding hydrogens is 170 g/mol. The predicted octanol–water partition coefficient (Wildman–Crippen LogP) is 3.66. The van der Waals surface area contributed by atoms with E-state index in [2.05, 4.69) is 38.6 Å². The lowest BCUT2D eigenvalue weighted by Crippen LogP contribution is -1.92. The van der Waals surface area contributed by atoms with E-state index in [1.54, 1.807) is 0 Å². The fourth-order valence-corrected chi connectivity index (χ4v) is 1.38. The first-order valence-electron chi connectivity index (χ1n) is 4.76. The zero-order chi connectivity index (χ0) is 10.7. The SMILES string of the molecule is C=C(C#N)c1cc(C(C)C)ccc1C. The molecule has 0 heterocycles. The summed E-state index contributed by atoms with van der Waals surface area (Å²) >= 11 is 0. The zero-order valence-electron chi connectivity index (χ0n) is 8.96. The van der Waals surface area contributed by atoms with Crippen LogP contribution in [0.2, 0.25) is 0 Å². The third kappa shape index (κ3) is 2.03. The highest BCUT2D eigenvalue weighted by molar-refractivity contribution is 5.76. The molecule has 1 heteroatoms. The molecule has 0 aromatic heterocycles. The molecular formula is C13H15N. The predicted molar refractivity (Wildman–Crippen MR) is 59.9 cm³/mol. The smallest absolute Gasteiger partial charge is 0.0991 e. The summed E-state index contributed by atoms with van der Waals surface area (Å²) in [5.41, 5.74) is 3.88. The number of aryl methyl sites for hydroxylation is 1. The Balaban J connectivity index is 3.23. The molecule has 0 unspecified atom stereocenters. The summed E-state index contributed by atoms with van der Waals surface area (Å²) in [5.74, 6) is 0.487. The number of hydrogen-bond donors (Lipinski definition) is 0. The normalized spacial score (nSPS) is 9.93. The van der Waals surface area contributed by atoms with Crippen molar-refractivity contribution in [3.63, 3.8) is 0 Å². The van der Waals surface area contributed by atoms with E-state index in [0.717, 1.165) is 11.1 Å². The lowest BCUT2D eigenvalue weighted by Gasteiger charge is -2.09. The molecule has 72 valence electrons. The Kier molecular flexibility index (Phi) is 3.09. The monoisotopic (exact) mass is 185 g/mol. The second-order valence-corrected chi connectivity index (χ2v) is 3.82. The molecule has 0 amide bonds. The minimum Gasteiger partial charge on any atom is -0.192 e. The highest BCUT2D eigenvalue weighted by Crippen LogP contribution is 2.22. The van der Waals surface area contributed by atoms with E-state index >= 15 is 0 Å². The van der Waals surface area contributed by atoms with Gasteiger partial charge >= 0.3 is 0 Å². The van der Waals surface area contributed by atoms with Gasteiger partial charge < -0.3 is 0 Å². The lowest BCUT2D eigenvalue weighted by molar-refractivity contribution is 0.865. The summed E-state index contributed by atoms with van der Waals surface area (Å²) < 4.78 is 0. The van der Waals surface area contributed by atoms with E-state index in [-0.39, 0.29) is 0 Å². The molecule has 0 saturated carbocycles. The van der Waals surface area contributed by atoms with Crippen molar-refractivity contribution in [1.82, 2.24) is 0 Å². The van der Waals surface area contributed by atoms with Crippen molar-refractivity contribution < 1.29 is 0 Å². The average molecular weight is 185 g/mol. The van der Waals surface area contributed by atoms with Gasteiger partial charge in [0.15, 0.2) is 0 Å². The van der Waals surface area contributed by atoms with Crippen LogP contribution >= 0.6 is 0 Å². The molecule has 0 aliphatic rings. The van der Waals surface area contributed by atoms with Crippen LogP contribution < -0.4 is 0 Å². The summed E-state index contributed by atoms with van der Waals surface area (Å²) in [6, 6.07) is 8.31. The average Bonchev–Trinajstić information content (AvgIpc) is 2.17. The van der Waals surface area contributed by atoms with Crippen LogP contribution in [0.4, 0.5) is 0 Å². The number of hydrogen-bond acceptors (Lipinski definition) is 1. The highest BCUT2D eigenvalue weighted by atomic mass is 14.2. The zero-order valence-corrected chi connectivity index (χ0v) is 8.96. The van der Waals surface area contributed by atoms with Crippen LogP contribution in [0, 0.1) is 18.3 Å². The van der Waals surface area contributed by atoms with E-state index in [0.29, 0.717) is 11.5 Å². The largest absolute Gasteiger partial charge is 0.192 e. The van der Waals surface area contributed by atoms with Crippen molar-refractivity contribution in [3.05, 3.63) is 41.5 Å². The molecule has 0 radical (unpaired) electrons. The fraction of sp³-hybridized carbons (Fsp3) is 0.308. The Bertz CT molecular complexity index is 394. The Morgan fingerprint density at radius 3 is 2.57 bits per heavy atom. The molecule has 14 heavy (non-hydrogen) atoms. The van der Waals surface area contributed by atoms with Crippen molar-refractivity contribution in [2.75, 3.05) is 0 Å². The van der Waals surface area contributed by atoms with Crippen molar-refractivity contribution in [2.24, 2.45) is 0 Å². The highest BCUT2D eigenvalue weighted by Gasteiger charge is 2.05. The van der Waals surface area contributed by atoms with Crippen LogP contribution in [0.25, 0.3) is 5.57 Å². The van der Waals surface area contributed by atoms with Crippen molar-refractivity contribution >= 4 is 5.57 Å². The van der Waals surface area contributed by atoms with Gasteiger partial charge in [-0.2, -0.15) is 5.26 Å². The quantitative estimate of drug-likeness (QED) is 0.645. The van der Waals surface area contributed by atoms with Crippen LogP contribution in [-0.2, 0) is 0 Å². The second kappa shape index (κ2) is 4.11. The second-order valence-electron chi connectivity index (χ2n) is 3.82. The van der Waals surface area contributed by atoms with Gasteiger partial charge in [0.25, 0.3) is 0 Å². The van der Waals surface area contributed by atoms with E-state index in [1.165, 1.54) is 5.56 Å². The Morgan fingerprint density at radius 1 is 1.43 bits per heavy atom.